The fourth-order valence-electron chi connectivity index (χ4n) is 2.62. The first-order valence-corrected chi connectivity index (χ1v) is 9.37. The van der Waals surface area contributed by atoms with Crippen LogP contribution in [0, 0.1) is 0 Å². The lowest BCUT2D eigenvalue weighted by Gasteiger charge is -2.28. The van der Waals surface area contributed by atoms with E-state index in [-0.39, 0.29) is 38.2 Å². The molecule has 9 nitrogen and oxygen atoms in total. The molecule has 1 aromatic carbocycles. The molecule has 28 heavy (non-hydrogen) atoms. The number of amides is 2. The number of esters is 1. The average molecular weight is 405 g/mol. The van der Waals surface area contributed by atoms with Crippen molar-refractivity contribution in [3.05, 3.63) is 23.6 Å². The van der Waals surface area contributed by atoms with Gasteiger partial charge in [-0.3, -0.25) is 24.6 Å². The highest BCUT2D eigenvalue weighted by atomic mass is 32.1. The van der Waals surface area contributed by atoms with Crippen LogP contribution >= 0.6 is 11.3 Å². The van der Waals surface area contributed by atoms with Crippen LogP contribution in [0.2, 0.25) is 0 Å². The molecule has 0 aliphatic carbocycles. The van der Waals surface area contributed by atoms with Crippen LogP contribution in [0.5, 0.6) is 5.75 Å². The smallest absolute Gasteiger partial charge is 0.326 e. The standard InChI is InChI=1S/C18H19N3O6S/c1-3-26-17(24)7-21-13-6-11(4-5-14(13)27-9-16(21)23)12-10-28-18(19-12)20-15(22)8-25-2/h4-6,10H,3,7-9H2,1-2H3,(H,19,20,22). The quantitative estimate of drug-likeness (QED) is 0.699. The Morgan fingerprint density at radius 1 is 1.39 bits per heavy atom. The maximum absolute atomic E-state index is 12.3. The van der Waals surface area contributed by atoms with Gasteiger partial charge < -0.3 is 14.2 Å². The van der Waals surface area contributed by atoms with Crippen LogP contribution in [0.4, 0.5) is 10.8 Å². The second kappa shape index (κ2) is 8.81. The number of anilines is 2. The molecule has 1 aromatic heterocycles. The molecule has 0 saturated heterocycles. The lowest BCUT2D eigenvalue weighted by atomic mass is 10.1. The van der Waals surface area contributed by atoms with Crippen LogP contribution < -0.4 is 15.0 Å². The highest BCUT2D eigenvalue weighted by molar-refractivity contribution is 7.14. The largest absolute Gasteiger partial charge is 0.482 e. The number of nitrogens with zero attached hydrogens (tertiary/aromatic N) is 2. The van der Waals surface area contributed by atoms with E-state index in [1.807, 2.05) is 0 Å². The lowest BCUT2D eigenvalue weighted by molar-refractivity contribution is -0.142. The minimum absolute atomic E-state index is 0.0595. The second-order valence-electron chi connectivity index (χ2n) is 5.78. The molecular formula is C18H19N3O6S. The number of rotatable bonds is 7. The van der Waals surface area contributed by atoms with Crippen molar-refractivity contribution in [3.8, 4) is 17.0 Å². The van der Waals surface area contributed by atoms with Crippen LogP contribution in [-0.2, 0) is 23.9 Å². The molecule has 10 heteroatoms. The van der Waals surface area contributed by atoms with E-state index in [1.54, 1.807) is 30.5 Å². The molecule has 0 radical (unpaired) electrons. The maximum atomic E-state index is 12.3. The number of aromatic nitrogens is 1. The van der Waals surface area contributed by atoms with Gasteiger partial charge in [-0.1, -0.05) is 0 Å². The third-order valence-electron chi connectivity index (χ3n) is 3.82. The number of carbonyl (C=O) groups is 3. The molecular weight excluding hydrogens is 386 g/mol. The molecule has 0 atom stereocenters. The van der Waals surface area contributed by atoms with Gasteiger partial charge in [0.1, 0.15) is 18.9 Å². The SMILES string of the molecule is CCOC(=O)CN1C(=O)COc2ccc(-c3csc(NC(=O)COC)n3)cc21. The number of benzene rings is 1. The number of nitrogens with one attached hydrogen (secondary N) is 1. The summed E-state index contributed by atoms with van der Waals surface area (Å²) >= 11 is 1.27. The Hall–Kier alpha value is -2.98. The Balaban J connectivity index is 1.84. The third-order valence-corrected chi connectivity index (χ3v) is 4.57. The number of carbonyl (C=O) groups excluding carboxylic acids is 3. The van der Waals surface area contributed by atoms with Gasteiger partial charge in [0.05, 0.1) is 18.0 Å². The zero-order chi connectivity index (χ0) is 20.1. The highest BCUT2D eigenvalue weighted by Crippen LogP contribution is 2.36. The van der Waals surface area contributed by atoms with Crippen molar-refractivity contribution < 1.29 is 28.6 Å². The fourth-order valence-corrected chi connectivity index (χ4v) is 3.36. The number of ether oxygens (including phenoxy) is 3. The predicted molar refractivity (Wildman–Crippen MR) is 103 cm³/mol. The number of thiazole rings is 1. The van der Waals surface area contributed by atoms with Gasteiger partial charge in [-0.25, -0.2) is 4.98 Å². The Labute approximate surface area is 165 Å². The summed E-state index contributed by atoms with van der Waals surface area (Å²) in [5.74, 6) is -0.626. The van der Waals surface area contributed by atoms with Gasteiger partial charge in [-0.15, -0.1) is 11.3 Å². The van der Waals surface area contributed by atoms with Crippen LogP contribution in [0.15, 0.2) is 23.6 Å². The van der Waals surface area contributed by atoms with E-state index < -0.39 is 5.97 Å². The second-order valence-corrected chi connectivity index (χ2v) is 6.63. The minimum atomic E-state index is -0.495. The molecule has 3 rings (SSSR count). The molecule has 0 fully saturated rings. The molecule has 2 amide bonds. The monoisotopic (exact) mass is 405 g/mol. The summed E-state index contributed by atoms with van der Waals surface area (Å²) in [5.41, 5.74) is 1.81. The fraction of sp³-hybridized carbons (Fsp3) is 0.333. The van der Waals surface area contributed by atoms with Crippen LogP contribution in [0.3, 0.4) is 0 Å². The highest BCUT2D eigenvalue weighted by Gasteiger charge is 2.28. The summed E-state index contributed by atoms with van der Waals surface area (Å²) in [6.07, 6.45) is 0. The van der Waals surface area contributed by atoms with E-state index in [2.05, 4.69) is 10.3 Å². The van der Waals surface area contributed by atoms with Crippen LogP contribution in [-0.4, -0.2) is 56.2 Å². The molecule has 1 N–H and O–H groups in total. The van der Waals surface area contributed by atoms with E-state index in [4.69, 9.17) is 14.2 Å². The molecule has 2 heterocycles. The minimum Gasteiger partial charge on any atom is -0.482 e. The summed E-state index contributed by atoms with van der Waals surface area (Å²) in [5, 5.41) is 4.86. The average Bonchev–Trinajstić information content (AvgIpc) is 3.12. The van der Waals surface area contributed by atoms with Crippen molar-refractivity contribution in [3.63, 3.8) is 0 Å². The number of methoxy groups -OCH3 is 1. The zero-order valence-corrected chi connectivity index (χ0v) is 16.2. The Morgan fingerprint density at radius 3 is 2.96 bits per heavy atom. The molecule has 0 unspecified atom stereocenters. The first kappa shape index (κ1) is 19.8. The van der Waals surface area contributed by atoms with Crippen molar-refractivity contribution in [2.75, 3.05) is 43.7 Å². The van der Waals surface area contributed by atoms with E-state index >= 15 is 0 Å². The van der Waals surface area contributed by atoms with E-state index in [1.165, 1.54) is 23.3 Å². The van der Waals surface area contributed by atoms with Gasteiger partial charge in [0.25, 0.3) is 11.8 Å². The summed E-state index contributed by atoms with van der Waals surface area (Å²) in [6, 6.07) is 5.24. The Kier molecular flexibility index (Phi) is 6.22. The van der Waals surface area contributed by atoms with Gasteiger partial charge in [0.2, 0.25) is 0 Å². The van der Waals surface area contributed by atoms with Gasteiger partial charge in [0.15, 0.2) is 11.7 Å². The van der Waals surface area contributed by atoms with Gasteiger partial charge in [-0.05, 0) is 25.1 Å². The molecule has 0 saturated carbocycles. The van der Waals surface area contributed by atoms with E-state index in [0.29, 0.717) is 22.3 Å². The van der Waals surface area contributed by atoms with Gasteiger partial charge >= 0.3 is 5.97 Å². The number of hydrogen-bond donors (Lipinski definition) is 1. The molecule has 0 spiro atoms. The normalized spacial score (nSPS) is 12.9. The van der Waals surface area contributed by atoms with Gasteiger partial charge in [0, 0.05) is 18.1 Å². The van der Waals surface area contributed by atoms with Crippen molar-refractivity contribution in [1.82, 2.24) is 4.98 Å². The zero-order valence-electron chi connectivity index (χ0n) is 15.4. The Morgan fingerprint density at radius 2 is 2.21 bits per heavy atom. The predicted octanol–water partition coefficient (Wildman–Crippen LogP) is 1.68. The number of hydrogen-bond acceptors (Lipinski definition) is 8. The topological polar surface area (TPSA) is 107 Å². The molecule has 1 aliphatic heterocycles. The first-order chi connectivity index (χ1) is 13.5. The van der Waals surface area contributed by atoms with Crippen molar-refractivity contribution in [2.24, 2.45) is 0 Å². The summed E-state index contributed by atoms with van der Waals surface area (Å²) in [7, 11) is 1.44. The molecule has 148 valence electrons. The summed E-state index contributed by atoms with van der Waals surface area (Å²) < 4.78 is 15.2. The lowest BCUT2D eigenvalue weighted by Crippen LogP contribution is -2.42. The maximum Gasteiger partial charge on any atom is 0.326 e. The summed E-state index contributed by atoms with van der Waals surface area (Å²) in [6.45, 7) is 1.55. The van der Waals surface area contributed by atoms with Crippen molar-refractivity contribution in [2.45, 2.75) is 6.92 Å². The van der Waals surface area contributed by atoms with Crippen LogP contribution in [0.25, 0.3) is 11.3 Å². The molecule has 0 bridgehead atoms. The van der Waals surface area contributed by atoms with Gasteiger partial charge in [-0.2, -0.15) is 0 Å². The van der Waals surface area contributed by atoms with Crippen molar-refractivity contribution in [1.29, 1.82) is 0 Å². The third kappa shape index (κ3) is 4.46. The summed E-state index contributed by atoms with van der Waals surface area (Å²) in [4.78, 5) is 41.4. The molecule has 1 aliphatic rings. The van der Waals surface area contributed by atoms with E-state index in [0.717, 1.165) is 5.56 Å². The van der Waals surface area contributed by atoms with Crippen molar-refractivity contribution >= 4 is 39.9 Å². The Bertz CT molecular complexity index is 897. The molecule has 2 aromatic rings. The van der Waals surface area contributed by atoms with Crippen LogP contribution in [0.1, 0.15) is 6.92 Å². The number of fused-ring (bicyclic) bond motifs is 1. The van der Waals surface area contributed by atoms with E-state index in [9.17, 15) is 14.4 Å². The first-order valence-electron chi connectivity index (χ1n) is 8.49.